The van der Waals surface area contributed by atoms with Gasteiger partial charge in [0.25, 0.3) is 0 Å². The van der Waals surface area contributed by atoms with Crippen LogP contribution in [0.4, 0.5) is 5.82 Å². The highest BCUT2D eigenvalue weighted by Crippen LogP contribution is 2.23. The van der Waals surface area contributed by atoms with Crippen molar-refractivity contribution in [2.24, 2.45) is 0 Å². The molecule has 0 aliphatic rings. The minimum absolute atomic E-state index is 0.0642. The van der Waals surface area contributed by atoms with Gasteiger partial charge in [-0.1, -0.05) is 38.1 Å². The van der Waals surface area contributed by atoms with Gasteiger partial charge in [-0.25, -0.2) is 13.1 Å². The number of amides is 1. The maximum absolute atomic E-state index is 12.2. The van der Waals surface area contributed by atoms with Crippen molar-refractivity contribution in [1.29, 1.82) is 0 Å². The molecule has 0 atom stereocenters. The highest BCUT2D eigenvalue weighted by Gasteiger charge is 2.18. The van der Waals surface area contributed by atoms with Gasteiger partial charge in [0.15, 0.2) is 5.82 Å². The topological polar surface area (TPSA) is 101 Å². The molecule has 7 nitrogen and oxygen atoms in total. The van der Waals surface area contributed by atoms with Crippen molar-refractivity contribution in [3.63, 3.8) is 0 Å². The maximum atomic E-state index is 12.2. The normalized spacial score (nSPS) is 12.2. The largest absolute Gasteiger partial charge is 0.360 e. The summed E-state index contributed by atoms with van der Waals surface area (Å²) in [5.74, 6) is 0.259. The van der Waals surface area contributed by atoms with E-state index in [1.54, 1.807) is 19.1 Å². The van der Waals surface area contributed by atoms with E-state index in [1.165, 1.54) is 18.2 Å². The summed E-state index contributed by atoms with van der Waals surface area (Å²) in [6, 6.07) is 8.14. The van der Waals surface area contributed by atoms with Crippen LogP contribution in [0.15, 0.2) is 39.8 Å². The monoisotopic (exact) mass is 351 g/mol. The fraction of sp³-hybridized carbons (Fsp3) is 0.375. The summed E-state index contributed by atoms with van der Waals surface area (Å²) in [5.41, 5.74) is 0.964. The van der Waals surface area contributed by atoms with E-state index in [0.717, 1.165) is 5.56 Å². The highest BCUT2D eigenvalue weighted by molar-refractivity contribution is 7.89. The molecular weight excluding hydrogens is 330 g/mol. The summed E-state index contributed by atoms with van der Waals surface area (Å²) in [7, 11) is -3.76. The Hall–Kier alpha value is -2.19. The Morgan fingerprint density at radius 3 is 2.33 bits per heavy atom. The average Bonchev–Trinajstić information content (AvgIpc) is 2.90. The number of benzene rings is 1. The molecule has 2 aromatic rings. The molecule has 0 aliphatic carbocycles. The molecule has 0 saturated carbocycles. The summed E-state index contributed by atoms with van der Waals surface area (Å²) >= 11 is 0. The summed E-state index contributed by atoms with van der Waals surface area (Å²) in [6.45, 7) is 7.43. The van der Waals surface area contributed by atoms with Crippen LogP contribution in [0.5, 0.6) is 0 Å². The van der Waals surface area contributed by atoms with E-state index in [4.69, 9.17) is 4.52 Å². The van der Waals surface area contributed by atoms with Crippen LogP contribution in [-0.2, 0) is 20.2 Å². The molecule has 0 saturated heterocycles. The van der Waals surface area contributed by atoms with Gasteiger partial charge in [0.1, 0.15) is 5.76 Å². The lowest BCUT2D eigenvalue weighted by atomic mass is 9.87. The van der Waals surface area contributed by atoms with Gasteiger partial charge < -0.3 is 9.84 Å². The summed E-state index contributed by atoms with van der Waals surface area (Å²) < 4.78 is 31.5. The average molecular weight is 351 g/mol. The smallest absolute Gasteiger partial charge is 0.241 e. The number of carbonyl (C=O) groups is 1. The van der Waals surface area contributed by atoms with E-state index in [0.29, 0.717) is 5.76 Å². The zero-order valence-corrected chi connectivity index (χ0v) is 14.9. The van der Waals surface area contributed by atoms with E-state index in [2.05, 4.69) is 15.2 Å². The van der Waals surface area contributed by atoms with Crippen LogP contribution >= 0.6 is 0 Å². The second-order valence-electron chi connectivity index (χ2n) is 6.47. The number of anilines is 1. The Kier molecular flexibility index (Phi) is 5.10. The number of aromatic nitrogens is 1. The van der Waals surface area contributed by atoms with Crippen LogP contribution in [0.3, 0.4) is 0 Å². The molecule has 1 aromatic heterocycles. The zero-order valence-electron chi connectivity index (χ0n) is 14.1. The number of nitrogens with zero attached hydrogens (tertiary/aromatic N) is 1. The Morgan fingerprint density at radius 2 is 1.83 bits per heavy atom. The van der Waals surface area contributed by atoms with Crippen LogP contribution in [-0.4, -0.2) is 26.0 Å². The minimum atomic E-state index is -3.76. The van der Waals surface area contributed by atoms with Gasteiger partial charge in [0.2, 0.25) is 15.9 Å². The number of sulfonamides is 1. The molecule has 1 heterocycles. The molecule has 130 valence electrons. The predicted octanol–water partition coefficient (Wildman–Crippen LogP) is 2.20. The molecule has 1 amide bonds. The predicted molar refractivity (Wildman–Crippen MR) is 90.2 cm³/mol. The maximum Gasteiger partial charge on any atom is 0.241 e. The number of rotatable bonds is 5. The SMILES string of the molecule is Cc1cc(NC(=O)CNS(=O)(=O)c2ccc(C(C)(C)C)cc2)no1. The molecule has 24 heavy (non-hydrogen) atoms. The van der Waals surface area contributed by atoms with E-state index in [-0.39, 0.29) is 16.1 Å². The molecule has 0 bridgehead atoms. The number of hydrogen-bond acceptors (Lipinski definition) is 5. The molecule has 1 aromatic carbocycles. The lowest BCUT2D eigenvalue weighted by molar-refractivity contribution is -0.115. The second kappa shape index (κ2) is 6.74. The highest BCUT2D eigenvalue weighted by atomic mass is 32.2. The Balaban J connectivity index is 1.99. The van der Waals surface area contributed by atoms with Crippen molar-refractivity contribution in [2.45, 2.75) is 38.0 Å². The zero-order chi connectivity index (χ0) is 18.0. The lowest BCUT2D eigenvalue weighted by Gasteiger charge is -2.19. The number of aryl methyl sites for hydroxylation is 1. The van der Waals surface area contributed by atoms with E-state index in [1.807, 2.05) is 20.8 Å². The summed E-state index contributed by atoms with van der Waals surface area (Å²) in [5, 5.41) is 6.05. The molecule has 0 spiro atoms. The molecule has 2 rings (SSSR count). The Labute approximate surface area is 141 Å². The van der Waals surface area contributed by atoms with E-state index in [9.17, 15) is 13.2 Å². The van der Waals surface area contributed by atoms with Crippen LogP contribution in [0.2, 0.25) is 0 Å². The third kappa shape index (κ3) is 4.65. The molecule has 0 radical (unpaired) electrons. The van der Waals surface area contributed by atoms with Crippen LogP contribution in [0.25, 0.3) is 0 Å². The molecule has 0 unspecified atom stereocenters. The molecule has 2 N–H and O–H groups in total. The third-order valence-corrected chi connectivity index (χ3v) is 4.77. The van der Waals surface area contributed by atoms with Crippen molar-refractivity contribution < 1.29 is 17.7 Å². The third-order valence-electron chi connectivity index (χ3n) is 3.35. The van der Waals surface area contributed by atoms with Gasteiger partial charge in [-0.05, 0) is 30.0 Å². The van der Waals surface area contributed by atoms with E-state index < -0.39 is 22.5 Å². The van der Waals surface area contributed by atoms with Gasteiger partial charge in [0.05, 0.1) is 11.4 Å². The Morgan fingerprint density at radius 1 is 1.21 bits per heavy atom. The first kappa shape index (κ1) is 18.2. The van der Waals surface area contributed by atoms with Gasteiger partial charge in [-0.2, -0.15) is 0 Å². The van der Waals surface area contributed by atoms with Crippen LogP contribution < -0.4 is 10.0 Å². The summed E-state index contributed by atoms with van der Waals surface area (Å²) in [6.07, 6.45) is 0. The quantitative estimate of drug-likeness (QED) is 0.860. The van der Waals surface area contributed by atoms with Gasteiger partial charge in [-0.15, -0.1) is 0 Å². The van der Waals surface area contributed by atoms with Crippen molar-refractivity contribution >= 4 is 21.7 Å². The van der Waals surface area contributed by atoms with Crippen LogP contribution in [0, 0.1) is 6.92 Å². The number of nitrogens with one attached hydrogen (secondary N) is 2. The first-order chi connectivity index (χ1) is 11.1. The molecule has 0 fully saturated rings. The van der Waals surface area contributed by atoms with Crippen LogP contribution in [0.1, 0.15) is 32.1 Å². The van der Waals surface area contributed by atoms with Gasteiger partial charge in [-0.3, -0.25) is 4.79 Å². The first-order valence-corrected chi connectivity index (χ1v) is 8.89. The number of hydrogen-bond donors (Lipinski definition) is 2. The van der Waals surface area contributed by atoms with Crippen molar-refractivity contribution in [3.05, 3.63) is 41.7 Å². The van der Waals surface area contributed by atoms with Crippen molar-refractivity contribution in [2.75, 3.05) is 11.9 Å². The first-order valence-electron chi connectivity index (χ1n) is 7.41. The van der Waals surface area contributed by atoms with Crippen molar-refractivity contribution in [1.82, 2.24) is 9.88 Å². The fourth-order valence-corrected chi connectivity index (χ4v) is 2.97. The molecule has 0 aliphatic heterocycles. The van der Waals surface area contributed by atoms with Gasteiger partial charge >= 0.3 is 0 Å². The molecule has 8 heteroatoms. The number of carbonyl (C=O) groups excluding carboxylic acids is 1. The van der Waals surface area contributed by atoms with Gasteiger partial charge in [0, 0.05) is 6.07 Å². The minimum Gasteiger partial charge on any atom is -0.360 e. The Bertz CT molecular complexity index is 818. The van der Waals surface area contributed by atoms with Crippen molar-refractivity contribution in [3.8, 4) is 0 Å². The lowest BCUT2D eigenvalue weighted by Crippen LogP contribution is -2.33. The molecular formula is C16H21N3O4S. The second-order valence-corrected chi connectivity index (χ2v) is 8.24. The van der Waals surface area contributed by atoms with E-state index >= 15 is 0 Å². The summed E-state index contributed by atoms with van der Waals surface area (Å²) in [4.78, 5) is 11.9. The standard InChI is InChI=1S/C16H21N3O4S/c1-11-9-14(19-23-11)18-15(20)10-17-24(21,22)13-7-5-12(6-8-13)16(2,3)4/h5-9,17H,10H2,1-4H3,(H,18,19,20). The fourth-order valence-electron chi connectivity index (χ4n) is 1.99.